The van der Waals surface area contributed by atoms with Crippen molar-refractivity contribution in [3.8, 4) is 0 Å². The minimum atomic E-state index is -3.90. The Hall–Kier alpha value is -2.88. The zero-order valence-corrected chi connectivity index (χ0v) is 15.4. The molecule has 0 atom stereocenters. The Morgan fingerprint density at radius 1 is 0.741 bits per heavy atom. The number of rotatable bonds is 4. The highest BCUT2D eigenvalue weighted by Crippen LogP contribution is 2.31. The molecule has 0 radical (unpaired) electrons. The van der Waals surface area contributed by atoms with E-state index in [-0.39, 0.29) is 9.79 Å². The summed E-state index contributed by atoms with van der Waals surface area (Å²) in [7, 11) is -7.79. The first-order valence-corrected chi connectivity index (χ1v) is 10.8. The van der Waals surface area contributed by atoms with Crippen LogP contribution >= 0.6 is 0 Å². The van der Waals surface area contributed by atoms with Crippen LogP contribution in [0, 0.1) is 0 Å². The smallest absolute Gasteiger partial charge is 0.261 e. The lowest BCUT2D eigenvalue weighted by atomic mass is 10.1. The molecule has 4 aromatic rings. The van der Waals surface area contributed by atoms with Gasteiger partial charge in [0.15, 0.2) is 0 Å². The van der Waals surface area contributed by atoms with Gasteiger partial charge in [-0.25, -0.2) is 22.0 Å². The van der Waals surface area contributed by atoms with E-state index in [1.807, 2.05) is 24.3 Å². The fourth-order valence-corrected chi connectivity index (χ4v) is 4.38. The number of nitrogens with one attached hydrogen (secondary N) is 1. The van der Waals surface area contributed by atoms with Crippen LogP contribution in [0.5, 0.6) is 0 Å². The molecular formula is C18H14N2O5S2. The highest BCUT2D eigenvalue weighted by atomic mass is 32.2. The quantitative estimate of drug-likeness (QED) is 0.544. The summed E-state index contributed by atoms with van der Waals surface area (Å²) >= 11 is 0. The van der Waals surface area contributed by atoms with Gasteiger partial charge in [-0.2, -0.15) is 0 Å². The fraction of sp³-hybridized carbons (Fsp3) is 0. The normalized spacial score (nSPS) is 12.5. The summed E-state index contributed by atoms with van der Waals surface area (Å²) in [5.41, 5.74) is 1.73. The second-order valence-corrected chi connectivity index (χ2v) is 9.17. The summed E-state index contributed by atoms with van der Waals surface area (Å²) in [6.45, 7) is 0. The summed E-state index contributed by atoms with van der Waals surface area (Å²) in [5.74, 6) is 0. The Morgan fingerprint density at radius 2 is 1.37 bits per heavy atom. The monoisotopic (exact) mass is 402 g/mol. The van der Waals surface area contributed by atoms with Gasteiger partial charge in [-0.15, -0.1) is 0 Å². The van der Waals surface area contributed by atoms with Gasteiger partial charge in [0, 0.05) is 16.5 Å². The van der Waals surface area contributed by atoms with Gasteiger partial charge in [0.2, 0.25) is 10.0 Å². The van der Waals surface area contributed by atoms with E-state index in [4.69, 9.17) is 9.56 Å². The van der Waals surface area contributed by atoms with E-state index in [9.17, 15) is 16.8 Å². The third-order valence-electron chi connectivity index (χ3n) is 4.09. The Bertz CT molecular complexity index is 1370. The first kappa shape index (κ1) is 17.5. The predicted molar refractivity (Wildman–Crippen MR) is 102 cm³/mol. The molecule has 27 heavy (non-hydrogen) atoms. The zero-order valence-electron chi connectivity index (χ0n) is 13.8. The van der Waals surface area contributed by atoms with Crippen molar-refractivity contribution >= 4 is 47.7 Å². The Labute approximate surface area is 155 Å². The lowest BCUT2D eigenvalue weighted by molar-refractivity contribution is 0.595. The topological polar surface area (TPSA) is 119 Å². The molecule has 0 fully saturated rings. The standard InChI is InChI=1S/C18H14N2O5S2/c19-26(21,22)13-6-8-14(9-7-13)27(23,24)20-12-5-10-18-16(11-12)15-3-1-2-4-17(15)25-18/h1-11,20H,(H2,19,21,22). The van der Waals surface area contributed by atoms with Crippen LogP contribution in [-0.2, 0) is 20.0 Å². The van der Waals surface area contributed by atoms with Crippen molar-refractivity contribution in [3.63, 3.8) is 0 Å². The molecule has 138 valence electrons. The number of furan rings is 1. The lowest BCUT2D eigenvalue weighted by Gasteiger charge is -2.08. The molecule has 0 spiro atoms. The first-order chi connectivity index (χ1) is 12.7. The SMILES string of the molecule is NS(=O)(=O)c1ccc(S(=O)(=O)Nc2ccc3oc4ccccc4c3c2)cc1. The molecule has 0 amide bonds. The number of hydrogen-bond acceptors (Lipinski definition) is 5. The lowest BCUT2D eigenvalue weighted by Crippen LogP contribution is -2.15. The average Bonchev–Trinajstić information content (AvgIpc) is 2.99. The van der Waals surface area contributed by atoms with Crippen LogP contribution in [0.2, 0.25) is 0 Å². The van der Waals surface area contributed by atoms with Crippen molar-refractivity contribution in [1.82, 2.24) is 0 Å². The van der Waals surface area contributed by atoms with E-state index in [0.717, 1.165) is 22.9 Å². The molecule has 0 saturated carbocycles. The average molecular weight is 402 g/mol. The summed E-state index contributed by atoms with van der Waals surface area (Å²) in [6.07, 6.45) is 0. The number of para-hydroxylation sites is 1. The Morgan fingerprint density at radius 3 is 2.07 bits per heavy atom. The van der Waals surface area contributed by atoms with Crippen LogP contribution < -0.4 is 9.86 Å². The molecule has 3 N–H and O–H groups in total. The van der Waals surface area contributed by atoms with E-state index >= 15 is 0 Å². The zero-order chi connectivity index (χ0) is 19.2. The van der Waals surface area contributed by atoms with E-state index in [1.54, 1.807) is 18.2 Å². The van der Waals surface area contributed by atoms with Gasteiger partial charge >= 0.3 is 0 Å². The van der Waals surface area contributed by atoms with Crippen LogP contribution in [0.4, 0.5) is 5.69 Å². The van der Waals surface area contributed by atoms with Crippen molar-refractivity contribution in [2.75, 3.05) is 4.72 Å². The van der Waals surface area contributed by atoms with Gasteiger partial charge in [0.05, 0.1) is 9.79 Å². The number of benzene rings is 3. The largest absolute Gasteiger partial charge is 0.456 e. The van der Waals surface area contributed by atoms with Gasteiger partial charge in [0.25, 0.3) is 10.0 Å². The number of nitrogens with two attached hydrogens (primary N) is 1. The summed E-state index contributed by atoms with van der Waals surface area (Å²) in [5, 5.41) is 6.69. The molecule has 4 rings (SSSR count). The molecular weight excluding hydrogens is 388 g/mol. The highest BCUT2D eigenvalue weighted by Gasteiger charge is 2.17. The van der Waals surface area contributed by atoms with E-state index in [1.165, 1.54) is 12.1 Å². The van der Waals surface area contributed by atoms with Crippen LogP contribution in [0.1, 0.15) is 0 Å². The van der Waals surface area contributed by atoms with Gasteiger partial charge in [-0.3, -0.25) is 4.72 Å². The molecule has 0 unspecified atom stereocenters. The second kappa shape index (κ2) is 6.08. The second-order valence-electron chi connectivity index (χ2n) is 5.93. The third kappa shape index (κ3) is 3.27. The van der Waals surface area contributed by atoms with Crippen molar-refractivity contribution in [2.24, 2.45) is 5.14 Å². The number of primary sulfonamides is 1. The van der Waals surface area contributed by atoms with Gasteiger partial charge in [-0.05, 0) is 48.5 Å². The summed E-state index contributed by atoms with van der Waals surface area (Å²) in [4.78, 5) is -0.236. The van der Waals surface area contributed by atoms with Crippen molar-refractivity contribution in [1.29, 1.82) is 0 Å². The van der Waals surface area contributed by atoms with E-state index in [0.29, 0.717) is 16.9 Å². The summed E-state index contributed by atoms with van der Waals surface area (Å²) < 4.78 is 56.0. The van der Waals surface area contributed by atoms with E-state index in [2.05, 4.69) is 4.72 Å². The molecule has 7 nitrogen and oxygen atoms in total. The molecule has 3 aromatic carbocycles. The maximum absolute atomic E-state index is 12.6. The van der Waals surface area contributed by atoms with Crippen molar-refractivity contribution < 1.29 is 21.3 Å². The molecule has 1 aromatic heterocycles. The molecule has 9 heteroatoms. The maximum Gasteiger partial charge on any atom is 0.261 e. The van der Waals surface area contributed by atoms with Crippen molar-refractivity contribution in [3.05, 3.63) is 66.7 Å². The molecule has 0 aliphatic heterocycles. The Kier molecular flexibility index (Phi) is 3.95. The van der Waals surface area contributed by atoms with Gasteiger partial charge < -0.3 is 4.42 Å². The predicted octanol–water partition coefficient (Wildman–Crippen LogP) is 3.03. The van der Waals surface area contributed by atoms with Crippen molar-refractivity contribution in [2.45, 2.75) is 9.79 Å². The van der Waals surface area contributed by atoms with E-state index < -0.39 is 20.0 Å². The van der Waals surface area contributed by atoms with Gasteiger partial charge in [0.1, 0.15) is 11.2 Å². The van der Waals surface area contributed by atoms with Crippen LogP contribution in [0.3, 0.4) is 0 Å². The molecule has 1 heterocycles. The number of fused-ring (bicyclic) bond motifs is 3. The van der Waals surface area contributed by atoms with Crippen LogP contribution in [0.15, 0.2) is 80.9 Å². The molecule has 0 bridgehead atoms. The number of sulfonamides is 2. The molecule has 0 aliphatic rings. The fourth-order valence-electron chi connectivity index (χ4n) is 2.81. The maximum atomic E-state index is 12.6. The molecule has 0 saturated heterocycles. The number of anilines is 1. The highest BCUT2D eigenvalue weighted by molar-refractivity contribution is 7.92. The minimum absolute atomic E-state index is 0.0768. The first-order valence-electron chi connectivity index (χ1n) is 7.81. The van der Waals surface area contributed by atoms with Crippen LogP contribution in [0.25, 0.3) is 21.9 Å². The minimum Gasteiger partial charge on any atom is -0.456 e. The number of hydrogen-bond donors (Lipinski definition) is 2. The van der Waals surface area contributed by atoms with Crippen LogP contribution in [-0.4, -0.2) is 16.8 Å². The Balaban J connectivity index is 1.71. The third-order valence-corrected chi connectivity index (χ3v) is 6.42. The summed E-state index contributed by atoms with van der Waals surface area (Å²) in [6, 6.07) is 17.1. The van der Waals surface area contributed by atoms with Gasteiger partial charge in [-0.1, -0.05) is 18.2 Å². The molecule has 0 aliphatic carbocycles.